The molecule has 1 aromatic rings. The van der Waals surface area contributed by atoms with Gasteiger partial charge in [0.25, 0.3) is 0 Å². The highest BCUT2D eigenvalue weighted by atomic mass is 35.5. The van der Waals surface area contributed by atoms with Crippen molar-refractivity contribution < 1.29 is 37.2 Å². The molecule has 0 radical (unpaired) electrons. The zero-order valence-corrected chi connectivity index (χ0v) is 31.1. The van der Waals surface area contributed by atoms with E-state index >= 15 is 0 Å². The zero-order chi connectivity index (χ0) is 34.0. The van der Waals surface area contributed by atoms with E-state index in [0.717, 1.165) is 5.56 Å². The summed E-state index contributed by atoms with van der Waals surface area (Å²) in [5.41, 5.74) is -5.26. The van der Waals surface area contributed by atoms with Gasteiger partial charge in [-0.25, -0.2) is 0 Å². The lowest BCUT2D eigenvalue weighted by molar-refractivity contribution is 0.00578. The normalized spacial score (nSPS) is 28.8. The summed E-state index contributed by atoms with van der Waals surface area (Å²) in [7, 11) is -3.47. The minimum absolute atomic E-state index is 0.596. The summed E-state index contributed by atoms with van der Waals surface area (Å²) in [5.74, 6) is 0. The number of hydrogen-bond donors (Lipinski definition) is 0. The molecule has 0 N–H and O–H groups in total. The van der Waals surface area contributed by atoms with Crippen molar-refractivity contribution in [2.45, 2.75) is 167 Å². The van der Waals surface area contributed by atoms with Gasteiger partial charge in [0.05, 0.1) is 50.0 Å². The topological polar surface area (TPSA) is 73.8 Å². The average molecular weight is 644 g/mol. The molecule has 0 atom stereocenters. The second-order valence-corrected chi connectivity index (χ2v) is 17.8. The summed E-state index contributed by atoms with van der Waals surface area (Å²) in [6.07, 6.45) is 0. The zero-order valence-electron chi connectivity index (χ0n) is 30.3. The van der Waals surface area contributed by atoms with E-state index in [2.05, 4.69) is 0 Å². The summed E-state index contributed by atoms with van der Waals surface area (Å²) in [6, 6.07) is 7.71. The summed E-state index contributed by atoms with van der Waals surface area (Å²) in [6.45, 7) is 32.7. The van der Waals surface area contributed by atoms with Crippen LogP contribution in [0.25, 0.3) is 0 Å². The van der Waals surface area contributed by atoms with Crippen molar-refractivity contribution in [2.24, 2.45) is 0 Å². The highest BCUT2D eigenvalue weighted by Gasteiger charge is 2.79. The maximum atomic E-state index is 7.03. The van der Waals surface area contributed by atoms with Crippen molar-refractivity contribution in [1.29, 1.82) is 0 Å². The molecule has 4 aliphatic rings. The van der Waals surface area contributed by atoms with Crippen molar-refractivity contribution in [3.05, 3.63) is 34.9 Å². The predicted molar refractivity (Wildman–Crippen MR) is 181 cm³/mol. The van der Waals surface area contributed by atoms with Gasteiger partial charge in [-0.05, 0) is 128 Å². The quantitative estimate of drug-likeness (QED) is 0.309. The van der Waals surface area contributed by atoms with Gasteiger partial charge in [-0.2, -0.15) is 0 Å². The minimum Gasteiger partial charge on any atom is -0.403 e. The first-order valence-corrected chi connectivity index (χ1v) is 16.7. The first-order chi connectivity index (χ1) is 20.1. The highest BCUT2D eigenvalue weighted by Crippen LogP contribution is 2.59. The summed E-state index contributed by atoms with van der Waals surface area (Å²) in [4.78, 5) is 0. The van der Waals surface area contributed by atoms with Gasteiger partial charge in [-0.15, -0.1) is 0 Å². The second-order valence-electron chi connectivity index (χ2n) is 17.4. The molecule has 4 saturated heterocycles. The lowest BCUT2D eigenvalue weighted by atomic mass is 9.22. The molecule has 0 amide bonds. The molecular formula is C32H53B4ClO8. The second kappa shape index (κ2) is 10.5. The smallest absolute Gasteiger partial charge is 0.403 e. The summed E-state index contributed by atoms with van der Waals surface area (Å²) < 4.78 is 55.8. The first kappa shape index (κ1) is 35.7. The molecule has 1 aromatic carbocycles. The molecule has 0 saturated carbocycles. The van der Waals surface area contributed by atoms with Crippen LogP contribution in [0, 0.1) is 0 Å². The van der Waals surface area contributed by atoms with E-state index in [9.17, 15) is 0 Å². The van der Waals surface area contributed by atoms with Gasteiger partial charge in [-0.3, -0.25) is 0 Å². The van der Waals surface area contributed by atoms with Gasteiger partial charge in [0.2, 0.25) is 0 Å². The Bertz CT molecular complexity index is 1160. The molecule has 13 heteroatoms. The van der Waals surface area contributed by atoms with Crippen LogP contribution < -0.4 is 0 Å². The molecule has 0 unspecified atom stereocenters. The fourth-order valence-electron chi connectivity index (χ4n) is 6.35. The summed E-state index contributed by atoms with van der Waals surface area (Å²) in [5, 5.41) is -0.665. The number of hydrogen-bond acceptors (Lipinski definition) is 8. The molecule has 8 nitrogen and oxygen atoms in total. The van der Waals surface area contributed by atoms with Crippen LogP contribution in [0.5, 0.6) is 0 Å². The SMILES string of the molecule is CC1(C)OB(C(B2OC(C)(C)C(C)(C)O2)C(B2OC(C)(C)C(C)(C)O2)(B2OC(C)(C)C(C)(C)O2)c2ccc(Cl)cc2)OC1(C)C. The number of rotatable bonds is 6. The fraction of sp³-hybridized carbons (Fsp3) is 0.812. The Kier molecular flexibility index (Phi) is 8.32. The van der Waals surface area contributed by atoms with E-state index in [-0.39, 0.29) is 0 Å². The fourth-order valence-corrected chi connectivity index (χ4v) is 6.48. The van der Waals surface area contributed by atoms with Crippen LogP contribution in [0.1, 0.15) is 116 Å². The number of benzene rings is 1. The molecule has 4 fully saturated rings. The molecule has 0 aliphatic carbocycles. The highest BCUT2D eigenvalue weighted by molar-refractivity contribution is 6.81. The van der Waals surface area contributed by atoms with Crippen LogP contribution in [0.15, 0.2) is 24.3 Å². The van der Waals surface area contributed by atoms with Gasteiger partial charge < -0.3 is 37.2 Å². The molecule has 4 aliphatic heterocycles. The first-order valence-electron chi connectivity index (χ1n) is 16.3. The number of halogens is 1. The van der Waals surface area contributed by atoms with E-state index < -0.39 is 84.2 Å². The largest absolute Gasteiger partial charge is 0.466 e. The van der Waals surface area contributed by atoms with Crippen LogP contribution in [-0.4, -0.2) is 73.3 Å². The van der Waals surface area contributed by atoms with E-state index in [1.807, 2.05) is 135 Å². The monoisotopic (exact) mass is 644 g/mol. The third kappa shape index (κ3) is 5.41. The Morgan fingerprint density at radius 3 is 0.956 bits per heavy atom. The molecule has 0 bridgehead atoms. The third-order valence-corrected chi connectivity index (χ3v) is 12.6. The van der Waals surface area contributed by atoms with E-state index in [4.69, 9.17) is 48.8 Å². The molecule has 4 heterocycles. The van der Waals surface area contributed by atoms with Crippen LogP contribution in [-0.2, 0) is 42.4 Å². The van der Waals surface area contributed by atoms with E-state index in [0.29, 0.717) is 5.02 Å². The molecule has 5 rings (SSSR count). The Labute approximate surface area is 278 Å². The van der Waals surface area contributed by atoms with Gasteiger partial charge >= 0.3 is 28.5 Å². The molecular weight excluding hydrogens is 591 g/mol. The molecule has 248 valence electrons. The van der Waals surface area contributed by atoms with Gasteiger partial charge in [-0.1, -0.05) is 23.7 Å². The summed E-state index contributed by atoms with van der Waals surface area (Å²) >= 11 is 6.52. The predicted octanol–water partition coefficient (Wildman–Crippen LogP) is 6.93. The van der Waals surface area contributed by atoms with E-state index in [1.54, 1.807) is 0 Å². The maximum absolute atomic E-state index is 7.03. The Morgan fingerprint density at radius 1 is 0.444 bits per heavy atom. The van der Waals surface area contributed by atoms with Crippen molar-refractivity contribution >= 4 is 40.1 Å². The van der Waals surface area contributed by atoms with Gasteiger partial charge in [0, 0.05) is 10.7 Å². The van der Waals surface area contributed by atoms with Crippen LogP contribution in [0.4, 0.5) is 0 Å². The van der Waals surface area contributed by atoms with Crippen LogP contribution in [0.2, 0.25) is 10.7 Å². The van der Waals surface area contributed by atoms with Crippen LogP contribution >= 0.6 is 11.6 Å². The lowest BCUT2D eigenvalue weighted by Gasteiger charge is -2.44. The molecule has 45 heavy (non-hydrogen) atoms. The van der Waals surface area contributed by atoms with Gasteiger partial charge in [0.1, 0.15) is 0 Å². The maximum Gasteiger partial charge on any atom is 0.466 e. The van der Waals surface area contributed by atoms with Crippen LogP contribution in [0.3, 0.4) is 0 Å². The van der Waals surface area contributed by atoms with Crippen molar-refractivity contribution in [3.63, 3.8) is 0 Å². The van der Waals surface area contributed by atoms with Crippen molar-refractivity contribution in [3.8, 4) is 0 Å². The molecule has 0 aromatic heterocycles. The Balaban J connectivity index is 1.85. The Morgan fingerprint density at radius 2 is 0.689 bits per heavy atom. The minimum atomic E-state index is -1.26. The van der Waals surface area contributed by atoms with Crippen molar-refractivity contribution in [2.75, 3.05) is 0 Å². The average Bonchev–Trinajstić information content (AvgIpc) is 3.38. The standard InChI is InChI=1S/C32H53B4ClO8/c1-24(2)25(3,4)39-33(38-24)23(34-40-26(5,6)27(7,8)41-34)32(21-17-19-22(37)20-18-21,35-42-28(9,10)29(11,12)43-35)36-44-30(13,14)31(15,16)45-36/h17-20,23H,1-16H3. The molecule has 0 spiro atoms. The Hall–Kier alpha value is -0.550. The van der Waals surface area contributed by atoms with Crippen molar-refractivity contribution in [1.82, 2.24) is 0 Å². The lowest BCUT2D eigenvalue weighted by Crippen LogP contribution is -2.67. The third-order valence-electron chi connectivity index (χ3n) is 12.3. The van der Waals surface area contributed by atoms with E-state index in [1.165, 1.54) is 0 Å². The van der Waals surface area contributed by atoms with Gasteiger partial charge in [0.15, 0.2) is 0 Å².